The molecule has 1 aliphatic carbocycles. The van der Waals surface area contributed by atoms with Crippen LogP contribution in [0.25, 0.3) is 0 Å². The van der Waals surface area contributed by atoms with E-state index in [2.05, 4.69) is 31.4 Å². The number of benzene rings is 1. The van der Waals surface area contributed by atoms with Crippen LogP contribution in [0.2, 0.25) is 0 Å². The summed E-state index contributed by atoms with van der Waals surface area (Å²) >= 11 is 0. The number of carboxylic acid groups (broad SMARTS) is 1. The van der Waals surface area contributed by atoms with Crippen LogP contribution in [0.4, 0.5) is 0 Å². The molecule has 0 aromatic heterocycles. The monoisotopic (exact) mass is 374 g/mol. The number of rotatable bonds is 6. The van der Waals surface area contributed by atoms with Crippen molar-refractivity contribution in [1.29, 1.82) is 0 Å². The molecular weight excluding hydrogens is 344 g/mol. The largest absolute Gasteiger partial charge is 0.481 e. The van der Waals surface area contributed by atoms with E-state index in [0.717, 1.165) is 5.56 Å². The van der Waals surface area contributed by atoms with Gasteiger partial charge in [-0.25, -0.2) is 0 Å². The van der Waals surface area contributed by atoms with Crippen molar-refractivity contribution in [2.45, 2.75) is 65.0 Å². The highest BCUT2D eigenvalue weighted by Gasteiger charge is 2.37. The van der Waals surface area contributed by atoms with Crippen LogP contribution in [-0.2, 0) is 15.0 Å². The first-order valence-corrected chi connectivity index (χ1v) is 9.43. The third-order valence-corrected chi connectivity index (χ3v) is 5.08. The molecule has 0 aliphatic heterocycles. The Kier molecular flexibility index (Phi) is 6.29. The summed E-state index contributed by atoms with van der Waals surface area (Å²) in [5.41, 5.74) is 1.65. The average molecular weight is 374 g/mol. The van der Waals surface area contributed by atoms with Crippen LogP contribution in [0, 0.1) is 11.8 Å². The second-order valence-corrected chi connectivity index (χ2v) is 8.73. The summed E-state index contributed by atoms with van der Waals surface area (Å²) in [5.74, 6) is -1.85. The fourth-order valence-corrected chi connectivity index (χ4v) is 3.11. The Labute approximate surface area is 160 Å². The summed E-state index contributed by atoms with van der Waals surface area (Å²) in [6.45, 7) is 10.1. The van der Waals surface area contributed by atoms with Crippen LogP contribution in [0.5, 0.6) is 0 Å². The molecule has 1 saturated carbocycles. The first-order chi connectivity index (χ1) is 12.5. The normalized spacial score (nSPS) is 20.5. The van der Waals surface area contributed by atoms with E-state index < -0.39 is 12.0 Å². The number of carbonyl (C=O) groups excluding carboxylic acids is 2. The molecule has 6 nitrogen and oxygen atoms in total. The zero-order valence-electron chi connectivity index (χ0n) is 16.7. The fraction of sp³-hybridized carbons (Fsp3) is 0.571. The lowest BCUT2D eigenvalue weighted by atomic mass is 9.80. The van der Waals surface area contributed by atoms with Crippen molar-refractivity contribution in [2.24, 2.45) is 11.8 Å². The van der Waals surface area contributed by atoms with Gasteiger partial charge in [0.2, 0.25) is 5.91 Å². The molecule has 1 atom stereocenters. The molecule has 2 amide bonds. The molecule has 0 radical (unpaired) electrons. The minimum atomic E-state index is -0.826. The summed E-state index contributed by atoms with van der Waals surface area (Å²) in [4.78, 5) is 36.0. The van der Waals surface area contributed by atoms with E-state index >= 15 is 0 Å². The van der Waals surface area contributed by atoms with Gasteiger partial charge in [0.05, 0.1) is 5.92 Å². The fourth-order valence-electron chi connectivity index (χ4n) is 3.11. The molecule has 1 unspecified atom stereocenters. The van der Waals surface area contributed by atoms with Gasteiger partial charge in [-0.3, -0.25) is 14.4 Å². The molecule has 1 aromatic carbocycles. The predicted molar refractivity (Wildman–Crippen MR) is 104 cm³/mol. The number of nitrogens with one attached hydrogen (secondary N) is 2. The van der Waals surface area contributed by atoms with Crippen LogP contribution in [0.15, 0.2) is 24.3 Å². The van der Waals surface area contributed by atoms with Crippen LogP contribution >= 0.6 is 0 Å². The van der Waals surface area contributed by atoms with Gasteiger partial charge in [0.15, 0.2) is 0 Å². The second-order valence-electron chi connectivity index (χ2n) is 8.73. The Morgan fingerprint density at radius 2 is 1.63 bits per heavy atom. The Morgan fingerprint density at radius 1 is 1.07 bits per heavy atom. The van der Waals surface area contributed by atoms with Crippen LogP contribution in [0.3, 0.4) is 0 Å². The molecule has 2 rings (SSSR count). The third-order valence-electron chi connectivity index (χ3n) is 5.08. The van der Waals surface area contributed by atoms with Crippen molar-refractivity contribution in [3.8, 4) is 0 Å². The van der Waals surface area contributed by atoms with Gasteiger partial charge in [0, 0.05) is 11.6 Å². The molecule has 3 N–H and O–H groups in total. The summed E-state index contributed by atoms with van der Waals surface area (Å²) < 4.78 is 0. The topological polar surface area (TPSA) is 95.5 Å². The third kappa shape index (κ3) is 5.31. The van der Waals surface area contributed by atoms with Gasteiger partial charge in [-0.1, -0.05) is 46.8 Å². The number of carboxylic acids is 1. The van der Waals surface area contributed by atoms with Crippen LogP contribution in [0.1, 0.15) is 63.4 Å². The highest BCUT2D eigenvalue weighted by Crippen LogP contribution is 2.27. The average Bonchev–Trinajstić information content (AvgIpc) is 2.53. The van der Waals surface area contributed by atoms with E-state index in [9.17, 15) is 14.4 Å². The minimum absolute atomic E-state index is 0.00590. The first-order valence-electron chi connectivity index (χ1n) is 9.43. The Balaban J connectivity index is 1.97. The molecule has 0 heterocycles. The van der Waals surface area contributed by atoms with Crippen molar-refractivity contribution in [3.05, 3.63) is 35.4 Å². The van der Waals surface area contributed by atoms with Gasteiger partial charge in [0.1, 0.15) is 6.04 Å². The minimum Gasteiger partial charge on any atom is -0.481 e. The van der Waals surface area contributed by atoms with Gasteiger partial charge >= 0.3 is 5.97 Å². The van der Waals surface area contributed by atoms with E-state index in [0.29, 0.717) is 18.4 Å². The number of hydrogen-bond acceptors (Lipinski definition) is 3. The SMILES string of the molecule is CC(C)C(NC(=O)c1ccc(C(C)(C)C)cc1)C(=O)NC1CC(C(=O)O)C1. The van der Waals surface area contributed by atoms with Crippen molar-refractivity contribution >= 4 is 17.8 Å². The van der Waals surface area contributed by atoms with E-state index in [4.69, 9.17) is 5.11 Å². The van der Waals surface area contributed by atoms with Gasteiger partial charge in [-0.15, -0.1) is 0 Å². The maximum Gasteiger partial charge on any atom is 0.306 e. The highest BCUT2D eigenvalue weighted by atomic mass is 16.4. The van der Waals surface area contributed by atoms with Crippen molar-refractivity contribution in [3.63, 3.8) is 0 Å². The number of aliphatic carboxylic acids is 1. The summed E-state index contributed by atoms with van der Waals surface area (Å²) in [5, 5.41) is 14.6. The van der Waals surface area contributed by atoms with Gasteiger partial charge in [0.25, 0.3) is 5.91 Å². The second kappa shape index (κ2) is 8.11. The molecule has 27 heavy (non-hydrogen) atoms. The lowest BCUT2D eigenvalue weighted by Crippen LogP contribution is -2.55. The first kappa shape index (κ1) is 20.9. The standard InChI is InChI=1S/C21H30N2O4/c1-12(2)17(19(25)22-16-10-14(11-16)20(26)27)23-18(24)13-6-8-15(9-7-13)21(3,4)5/h6-9,12,14,16-17H,10-11H2,1-5H3,(H,22,25)(H,23,24)(H,26,27). The van der Waals surface area contributed by atoms with Gasteiger partial charge in [-0.2, -0.15) is 0 Å². The molecule has 0 bridgehead atoms. The molecule has 1 fully saturated rings. The zero-order valence-corrected chi connectivity index (χ0v) is 16.7. The zero-order chi connectivity index (χ0) is 20.4. The molecule has 6 heteroatoms. The molecule has 1 aliphatic rings. The van der Waals surface area contributed by atoms with Gasteiger partial charge in [-0.05, 0) is 41.9 Å². The van der Waals surface area contributed by atoms with Crippen molar-refractivity contribution in [1.82, 2.24) is 10.6 Å². The Morgan fingerprint density at radius 3 is 2.07 bits per heavy atom. The van der Waals surface area contributed by atoms with Gasteiger partial charge < -0.3 is 15.7 Å². The van der Waals surface area contributed by atoms with Crippen molar-refractivity contribution in [2.75, 3.05) is 0 Å². The lowest BCUT2D eigenvalue weighted by Gasteiger charge is -2.34. The predicted octanol–water partition coefficient (Wildman–Crippen LogP) is 2.72. The molecular formula is C21H30N2O4. The maximum absolute atomic E-state index is 12.6. The summed E-state index contributed by atoms with van der Waals surface area (Å²) in [6, 6.07) is 6.61. The van der Waals surface area contributed by atoms with E-state index in [1.54, 1.807) is 12.1 Å². The Hall–Kier alpha value is -2.37. The van der Waals surface area contributed by atoms with E-state index in [-0.39, 0.29) is 35.1 Å². The van der Waals surface area contributed by atoms with Crippen LogP contribution < -0.4 is 10.6 Å². The summed E-state index contributed by atoms with van der Waals surface area (Å²) in [7, 11) is 0. The smallest absolute Gasteiger partial charge is 0.306 e. The highest BCUT2D eigenvalue weighted by molar-refractivity contribution is 5.97. The Bertz CT molecular complexity index is 698. The molecule has 148 valence electrons. The van der Waals surface area contributed by atoms with Crippen molar-refractivity contribution < 1.29 is 19.5 Å². The van der Waals surface area contributed by atoms with Crippen LogP contribution in [-0.4, -0.2) is 35.0 Å². The maximum atomic E-state index is 12.6. The number of carbonyl (C=O) groups is 3. The lowest BCUT2D eigenvalue weighted by molar-refractivity contribution is -0.146. The molecule has 0 saturated heterocycles. The quantitative estimate of drug-likeness (QED) is 0.713. The summed E-state index contributed by atoms with van der Waals surface area (Å²) in [6.07, 6.45) is 0.877. The molecule has 1 aromatic rings. The molecule has 0 spiro atoms. The van der Waals surface area contributed by atoms with E-state index in [1.807, 2.05) is 26.0 Å². The number of amides is 2. The number of hydrogen-bond donors (Lipinski definition) is 3. The van der Waals surface area contributed by atoms with E-state index in [1.165, 1.54) is 0 Å².